The number of anilines is 1. The predicted molar refractivity (Wildman–Crippen MR) is 69.3 cm³/mol. The zero-order chi connectivity index (χ0) is 14.3. The molecular weight excluding hydrogens is 251 g/mol. The maximum absolute atomic E-state index is 12.7. The first-order valence-corrected chi connectivity index (χ1v) is 5.87. The SMILES string of the molecule is COC(=O)CCCN(C)C(=O)Nc1ccc(F)cc1. The number of carbonyl (C=O) groups excluding carboxylic acids is 2. The average molecular weight is 268 g/mol. The van der Waals surface area contributed by atoms with Crippen molar-refractivity contribution in [1.29, 1.82) is 0 Å². The first kappa shape index (κ1) is 14.9. The van der Waals surface area contributed by atoms with Crippen molar-refractivity contribution in [2.45, 2.75) is 12.8 Å². The molecule has 0 aliphatic carbocycles. The molecule has 0 unspecified atom stereocenters. The third kappa shape index (κ3) is 5.37. The van der Waals surface area contributed by atoms with Crippen LogP contribution >= 0.6 is 0 Å². The molecule has 1 rings (SSSR count). The van der Waals surface area contributed by atoms with Gasteiger partial charge in [0.2, 0.25) is 0 Å². The molecule has 0 aliphatic heterocycles. The van der Waals surface area contributed by atoms with E-state index in [0.29, 0.717) is 18.7 Å². The Labute approximate surface area is 111 Å². The molecule has 1 N–H and O–H groups in total. The molecule has 1 aromatic carbocycles. The Bertz CT molecular complexity index is 434. The number of halogens is 1. The molecule has 6 heteroatoms. The van der Waals surface area contributed by atoms with E-state index in [2.05, 4.69) is 10.1 Å². The number of esters is 1. The van der Waals surface area contributed by atoms with Crippen molar-refractivity contribution < 1.29 is 18.7 Å². The van der Waals surface area contributed by atoms with E-state index in [0.717, 1.165) is 0 Å². The smallest absolute Gasteiger partial charge is 0.321 e. The second kappa shape index (κ2) is 7.35. The highest BCUT2D eigenvalue weighted by Gasteiger charge is 2.09. The lowest BCUT2D eigenvalue weighted by Gasteiger charge is -2.17. The fraction of sp³-hybridized carbons (Fsp3) is 0.385. The molecule has 104 valence electrons. The van der Waals surface area contributed by atoms with Crippen molar-refractivity contribution in [3.8, 4) is 0 Å². The third-order valence-corrected chi connectivity index (χ3v) is 2.54. The molecule has 0 aliphatic rings. The number of benzene rings is 1. The Morgan fingerprint density at radius 2 is 1.95 bits per heavy atom. The highest BCUT2D eigenvalue weighted by atomic mass is 19.1. The van der Waals surface area contributed by atoms with Crippen LogP contribution < -0.4 is 5.32 Å². The molecule has 5 nitrogen and oxygen atoms in total. The monoisotopic (exact) mass is 268 g/mol. The van der Waals surface area contributed by atoms with Crippen LogP contribution in [0.5, 0.6) is 0 Å². The van der Waals surface area contributed by atoms with Crippen molar-refractivity contribution in [2.75, 3.05) is 26.0 Å². The number of nitrogens with one attached hydrogen (secondary N) is 1. The molecule has 0 saturated heterocycles. The lowest BCUT2D eigenvalue weighted by atomic mass is 10.3. The Morgan fingerprint density at radius 1 is 1.32 bits per heavy atom. The first-order valence-electron chi connectivity index (χ1n) is 5.87. The number of carbonyl (C=O) groups is 2. The summed E-state index contributed by atoms with van der Waals surface area (Å²) >= 11 is 0. The molecule has 0 heterocycles. The Balaban J connectivity index is 2.36. The minimum Gasteiger partial charge on any atom is -0.469 e. The van der Waals surface area contributed by atoms with E-state index in [4.69, 9.17) is 0 Å². The zero-order valence-electron chi connectivity index (χ0n) is 11.0. The van der Waals surface area contributed by atoms with Gasteiger partial charge in [0.1, 0.15) is 5.82 Å². The van der Waals surface area contributed by atoms with Gasteiger partial charge in [-0.15, -0.1) is 0 Å². The highest BCUT2D eigenvalue weighted by molar-refractivity contribution is 5.89. The third-order valence-electron chi connectivity index (χ3n) is 2.54. The molecule has 2 amide bonds. The van der Waals surface area contributed by atoms with Gasteiger partial charge in [0.25, 0.3) is 0 Å². The molecule has 0 spiro atoms. The Morgan fingerprint density at radius 3 is 2.53 bits per heavy atom. The van der Waals surface area contributed by atoms with Crippen LogP contribution in [0, 0.1) is 5.82 Å². The van der Waals surface area contributed by atoms with Gasteiger partial charge in [-0.1, -0.05) is 0 Å². The van der Waals surface area contributed by atoms with E-state index in [1.807, 2.05) is 0 Å². The van der Waals surface area contributed by atoms with Crippen LogP contribution in [-0.2, 0) is 9.53 Å². The lowest BCUT2D eigenvalue weighted by molar-refractivity contribution is -0.140. The number of ether oxygens (including phenoxy) is 1. The second-order valence-electron chi connectivity index (χ2n) is 4.04. The van der Waals surface area contributed by atoms with Gasteiger partial charge in [-0.3, -0.25) is 4.79 Å². The number of hydrogen-bond acceptors (Lipinski definition) is 3. The normalized spacial score (nSPS) is 9.84. The Kier molecular flexibility index (Phi) is 5.78. The van der Waals surface area contributed by atoms with Gasteiger partial charge in [0.15, 0.2) is 0 Å². The van der Waals surface area contributed by atoms with Crippen molar-refractivity contribution in [1.82, 2.24) is 4.90 Å². The summed E-state index contributed by atoms with van der Waals surface area (Å²) in [6.45, 7) is 0.433. The molecule has 0 aromatic heterocycles. The minimum atomic E-state index is -0.357. The van der Waals surface area contributed by atoms with Crippen molar-refractivity contribution in [3.63, 3.8) is 0 Å². The summed E-state index contributed by atoms with van der Waals surface area (Å²) in [5.74, 6) is -0.656. The standard InChI is InChI=1S/C13H17FN2O3/c1-16(9-3-4-12(17)19-2)13(18)15-11-7-5-10(14)6-8-11/h5-8H,3-4,9H2,1-2H3,(H,15,18). The highest BCUT2D eigenvalue weighted by Crippen LogP contribution is 2.09. The van der Waals surface area contributed by atoms with Crippen LogP contribution in [0.25, 0.3) is 0 Å². The summed E-state index contributed by atoms with van der Waals surface area (Å²) in [5, 5.41) is 2.63. The first-order chi connectivity index (χ1) is 9.02. The van der Waals surface area contributed by atoms with E-state index in [1.54, 1.807) is 7.05 Å². The molecular formula is C13H17FN2O3. The van der Waals surface area contributed by atoms with Gasteiger partial charge in [0.05, 0.1) is 7.11 Å². The number of hydrogen-bond donors (Lipinski definition) is 1. The topological polar surface area (TPSA) is 58.6 Å². The predicted octanol–water partition coefficient (Wildman–Crippen LogP) is 2.24. The summed E-state index contributed by atoms with van der Waals surface area (Å²) in [7, 11) is 2.95. The second-order valence-corrected chi connectivity index (χ2v) is 4.04. The molecule has 0 fully saturated rings. The van der Waals surface area contributed by atoms with Crippen molar-refractivity contribution in [2.24, 2.45) is 0 Å². The molecule has 0 radical (unpaired) electrons. The number of amides is 2. The Hall–Kier alpha value is -2.11. The van der Waals surface area contributed by atoms with Crippen LogP contribution in [-0.4, -0.2) is 37.6 Å². The van der Waals surface area contributed by atoms with Gasteiger partial charge in [0, 0.05) is 25.7 Å². The fourth-order valence-electron chi connectivity index (χ4n) is 1.42. The van der Waals surface area contributed by atoms with Crippen molar-refractivity contribution >= 4 is 17.7 Å². The van der Waals surface area contributed by atoms with Crippen LogP contribution in [0.4, 0.5) is 14.9 Å². The van der Waals surface area contributed by atoms with Crippen LogP contribution in [0.1, 0.15) is 12.8 Å². The molecule has 0 saturated carbocycles. The van der Waals surface area contributed by atoms with Gasteiger partial charge in [-0.25, -0.2) is 9.18 Å². The van der Waals surface area contributed by atoms with E-state index < -0.39 is 0 Å². The van der Waals surface area contributed by atoms with Crippen molar-refractivity contribution in [3.05, 3.63) is 30.1 Å². The molecule has 0 atom stereocenters. The molecule has 0 bridgehead atoms. The van der Waals surface area contributed by atoms with Gasteiger partial charge in [-0.2, -0.15) is 0 Å². The maximum atomic E-state index is 12.7. The van der Waals surface area contributed by atoms with Crippen LogP contribution in [0.3, 0.4) is 0 Å². The van der Waals surface area contributed by atoms with E-state index >= 15 is 0 Å². The summed E-state index contributed by atoms with van der Waals surface area (Å²) in [5.41, 5.74) is 0.520. The van der Waals surface area contributed by atoms with Gasteiger partial charge < -0.3 is 15.0 Å². The fourth-order valence-corrected chi connectivity index (χ4v) is 1.42. The van der Waals surface area contributed by atoms with E-state index in [9.17, 15) is 14.0 Å². The number of rotatable bonds is 5. The minimum absolute atomic E-state index is 0.269. The van der Waals surface area contributed by atoms with Gasteiger partial charge >= 0.3 is 12.0 Å². The summed E-state index contributed by atoms with van der Waals surface area (Å²) in [6, 6.07) is 5.20. The quantitative estimate of drug-likeness (QED) is 0.833. The van der Waals surface area contributed by atoms with Crippen LogP contribution in [0.15, 0.2) is 24.3 Å². The average Bonchev–Trinajstić information content (AvgIpc) is 2.40. The maximum Gasteiger partial charge on any atom is 0.321 e. The molecule has 19 heavy (non-hydrogen) atoms. The van der Waals surface area contributed by atoms with Crippen LogP contribution in [0.2, 0.25) is 0 Å². The zero-order valence-corrected chi connectivity index (χ0v) is 11.0. The number of nitrogens with zero attached hydrogens (tertiary/aromatic N) is 1. The number of urea groups is 1. The van der Waals surface area contributed by atoms with E-state index in [-0.39, 0.29) is 24.2 Å². The summed E-state index contributed by atoms with van der Waals surface area (Å²) < 4.78 is 17.2. The molecule has 1 aromatic rings. The summed E-state index contributed by atoms with van der Waals surface area (Å²) in [4.78, 5) is 24.1. The largest absolute Gasteiger partial charge is 0.469 e. The number of methoxy groups -OCH3 is 1. The van der Waals surface area contributed by atoms with Gasteiger partial charge in [-0.05, 0) is 30.7 Å². The lowest BCUT2D eigenvalue weighted by Crippen LogP contribution is -2.32. The summed E-state index contributed by atoms with van der Waals surface area (Å²) in [6.07, 6.45) is 0.796. The van der Waals surface area contributed by atoms with E-state index in [1.165, 1.54) is 36.3 Å².